The summed E-state index contributed by atoms with van der Waals surface area (Å²) < 4.78 is 8.14. The second kappa shape index (κ2) is 4.42. The molecule has 0 aliphatic heterocycles. The fourth-order valence-electron chi connectivity index (χ4n) is 1.77. The van der Waals surface area contributed by atoms with E-state index in [1.807, 2.05) is 37.3 Å². The number of furan rings is 1. The van der Waals surface area contributed by atoms with E-state index in [0.29, 0.717) is 0 Å². The van der Waals surface area contributed by atoms with E-state index in [4.69, 9.17) is 4.42 Å². The monoisotopic (exact) mass is 303 g/mol. The zero-order chi connectivity index (χ0) is 12.5. The number of nitrogens with zero attached hydrogens (tertiary/aromatic N) is 3. The maximum absolute atomic E-state index is 5.42. The predicted octanol–water partition coefficient (Wildman–Crippen LogP) is 3.60. The van der Waals surface area contributed by atoms with Gasteiger partial charge in [0.05, 0.1) is 12.0 Å². The molecule has 0 bridgehead atoms. The minimum absolute atomic E-state index is 0.762. The van der Waals surface area contributed by atoms with E-state index in [9.17, 15) is 0 Å². The highest BCUT2D eigenvalue weighted by atomic mass is 79.9. The van der Waals surface area contributed by atoms with E-state index in [0.717, 1.165) is 27.4 Å². The Bertz CT molecular complexity index is 656. The summed E-state index contributed by atoms with van der Waals surface area (Å²) in [7, 11) is 0. The third kappa shape index (κ3) is 1.97. The molecule has 4 nitrogen and oxygen atoms in total. The lowest BCUT2D eigenvalue weighted by Gasteiger charge is -2.04. The number of rotatable bonds is 2. The SMILES string of the molecule is Cc1cc(-c2ccco2)n(-c2ccc(Br)cn2)n1. The normalized spacial score (nSPS) is 10.8. The zero-order valence-corrected chi connectivity index (χ0v) is 11.3. The summed E-state index contributed by atoms with van der Waals surface area (Å²) in [5, 5.41) is 4.45. The van der Waals surface area contributed by atoms with Gasteiger partial charge in [0.1, 0.15) is 5.69 Å². The first-order chi connectivity index (χ1) is 8.74. The highest BCUT2D eigenvalue weighted by Gasteiger charge is 2.12. The van der Waals surface area contributed by atoms with Crippen LogP contribution >= 0.6 is 15.9 Å². The van der Waals surface area contributed by atoms with Crippen LogP contribution < -0.4 is 0 Å². The molecule has 0 unspecified atom stereocenters. The van der Waals surface area contributed by atoms with Crippen molar-refractivity contribution in [2.75, 3.05) is 0 Å². The molecule has 0 aliphatic rings. The Morgan fingerprint density at radius 3 is 2.83 bits per heavy atom. The Morgan fingerprint density at radius 2 is 2.17 bits per heavy atom. The Labute approximate surface area is 112 Å². The molecule has 3 aromatic heterocycles. The zero-order valence-electron chi connectivity index (χ0n) is 9.67. The number of hydrogen-bond donors (Lipinski definition) is 0. The standard InChI is InChI=1S/C13H10BrN3O/c1-9-7-11(12-3-2-6-18-12)17(16-9)13-5-4-10(14)8-15-13/h2-8H,1H3. The van der Waals surface area contributed by atoms with E-state index in [1.165, 1.54) is 0 Å². The van der Waals surface area contributed by atoms with Crippen LogP contribution in [0, 0.1) is 6.92 Å². The van der Waals surface area contributed by atoms with Crippen LogP contribution in [0.4, 0.5) is 0 Å². The van der Waals surface area contributed by atoms with Gasteiger partial charge in [-0.1, -0.05) is 0 Å². The summed E-state index contributed by atoms with van der Waals surface area (Å²) >= 11 is 3.37. The molecule has 0 radical (unpaired) electrons. The van der Waals surface area contributed by atoms with E-state index in [2.05, 4.69) is 26.0 Å². The van der Waals surface area contributed by atoms with Crippen LogP contribution in [0.25, 0.3) is 17.3 Å². The maximum atomic E-state index is 5.42. The molecule has 3 rings (SSSR count). The first-order valence-electron chi connectivity index (χ1n) is 5.46. The van der Waals surface area contributed by atoms with Crippen molar-refractivity contribution in [2.45, 2.75) is 6.92 Å². The fraction of sp³-hybridized carbons (Fsp3) is 0.0769. The largest absolute Gasteiger partial charge is 0.463 e. The molecule has 3 heterocycles. The Kier molecular flexibility index (Phi) is 2.76. The molecule has 0 amide bonds. The van der Waals surface area contributed by atoms with E-state index in [-0.39, 0.29) is 0 Å². The molecule has 0 atom stereocenters. The summed E-state index contributed by atoms with van der Waals surface area (Å²) in [5.74, 6) is 1.54. The van der Waals surface area contributed by atoms with Crippen molar-refractivity contribution in [1.82, 2.24) is 14.8 Å². The van der Waals surface area contributed by atoms with Gasteiger partial charge in [-0.05, 0) is 53.2 Å². The maximum Gasteiger partial charge on any atom is 0.154 e. The van der Waals surface area contributed by atoms with Crippen molar-refractivity contribution in [3.8, 4) is 17.3 Å². The Morgan fingerprint density at radius 1 is 1.28 bits per heavy atom. The molecule has 5 heteroatoms. The van der Waals surface area contributed by atoms with Gasteiger partial charge in [0.25, 0.3) is 0 Å². The van der Waals surface area contributed by atoms with E-state index in [1.54, 1.807) is 17.1 Å². The van der Waals surface area contributed by atoms with Crippen LogP contribution in [0.1, 0.15) is 5.69 Å². The molecule has 0 fully saturated rings. The molecule has 3 aromatic rings. The predicted molar refractivity (Wildman–Crippen MR) is 71.5 cm³/mol. The van der Waals surface area contributed by atoms with Gasteiger partial charge in [-0.15, -0.1) is 0 Å². The summed E-state index contributed by atoms with van der Waals surface area (Å²) in [5.41, 5.74) is 1.82. The summed E-state index contributed by atoms with van der Waals surface area (Å²) in [6, 6.07) is 9.58. The topological polar surface area (TPSA) is 43.9 Å². The Hall–Kier alpha value is -1.88. The molecule has 18 heavy (non-hydrogen) atoms. The lowest BCUT2D eigenvalue weighted by Crippen LogP contribution is -2.01. The molecular formula is C13H10BrN3O. The first kappa shape index (κ1) is 11.2. The second-order valence-corrected chi connectivity index (χ2v) is 4.81. The van der Waals surface area contributed by atoms with Crippen LogP contribution in [0.15, 0.2) is 51.7 Å². The lowest BCUT2D eigenvalue weighted by atomic mass is 10.3. The summed E-state index contributed by atoms with van der Waals surface area (Å²) in [6.07, 6.45) is 3.40. The first-order valence-corrected chi connectivity index (χ1v) is 6.26. The van der Waals surface area contributed by atoms with Crippen molar-refractivity contribution < 1.29 is 4.42 Å². The molecule has 0 saturated carbocycles. The third-order valence-corrected chi connectivity index (χ3v) is 3.00. The van der Waals surface area contributed by atoms with Crippen LogP contribution in [-0.2, 0) is 0 Å². The number of aromatic nitrogens is 3. The fourth-order valence-corrected chi connectivity index (χ4v) is 2.00. The average Bonchev–Trinajstić information content (AvgIpc) is 2.98. The van der Waals surface area contributed by atoms with Crippen LogP contribution in [0.2, 0.25) is 0 Å². The van der Waals surface area contributed by atoms with E-state index < -0.39 is 0 Å². The van der Waals surface area contributed by atoms with Gasteiger partial charge in [0, 0.05) is 10.7 Å². The minimum atomic E-state index is 0.762. The lowest BCUT2D eigenvalue weighted by molar-refractivity contribution is 0.576. The van der Waals surface area contributed by atoms with Gasteiger partial charge in [0.15, 0.2) is 11.6 Å². The average molecular weight is 304 g/mol. The van der Waals surface area contributed by atoms with Crippen LogP contribution in [-0.4, -0.2) is 14.8 Å². The van der Waals surface area contributed by atoms with Crippen LogP contribution in [0.5, 0.6) is 0 Å². The van der Waals surface area contributed by atoms with Gasteiger partial charge < -0.3 is 4.42 Å². The van der Waals surface area contributed by atoms with Crippen molar-refractivity contribution in [2.24, 2.45) is 0 Å². The van der Waals surface area contributed by atoms with E-state index >= 15 is 0 Å². The molecule has 0 aliphatic carbocycles. The summed E-state index contributed by atoms with van der Waals surface area (Å²) in [4.78, 5) is 4.34. The van der Waals surface area contributed by atoms with Crippen molar-refractivity contribution in [3.63, 3.8) is 0 Å². The molecule has 0 N–H and O–H groups in total. The minimum Gasteiger partial charge on any atom is -0.463 e. The van der Waals surface area contributed by atoms with Crippen molar-refractivity contribution in [1.29, 1.82) is 0 Å². The second-order valence-electron chi connectivity index (χ2n) is 3.89. The molecule has 0 spiro atoms. The molecule has 0 aromatic carbocycles. The smallest absolute Gasteiger partial charge is 0.154 e. The molecule has 0 saturated heterocycles. The highest BCUT2D eigenvalue weighted by Crippen LogP contribution is 2.23. The quantitative estimate of drug-likeness (QED) is 0.726. The third-order valence-electron chi connectivity index (χ3n) is 2.53. The number of pyridine rings is 1. The number of aryl methyl sites for hydroxylation is 1. The van der Waals surface area contributed by atoms with Crippen LogP contribution in [0.3, 0.4) is 0 Å². The highest BCUT2D eigenvalue weighted by molar-refractivity contribution is 9.10. The van der Waals surface area contributed by atoms with Gasteiger partial charge in [0.2, 0.25) is 0 Å². The van der Waals surface area contributed by atoms with Gasteiger partial charge in [-0.3, -0.25) is 0 Å². The van der Waals surface area contributed by atoms with Crippen molar-refractivity contribution in [3.05, 3.63) is 53.0 Å². The van der Waals surface area contributed by atoms with Gasteiger partial charge in [-0.2, -0.15) is 5.10 Å². The number of halogens is 1. The molecule has 90 valence electrons. The van der Waals surface area contributed by atoms with Gasteiger partial charge in [-0.25, -0.2) is 9.67 Å². The molecular weight excluding hydrogens is 294 g/mol. The Balaban J connectivity index is 2.15. The van der Waals surface area contributed by atoms with Crippen molar-refractivity contribution >= 4 is 15.9 Å². The summed E-state index contributed by atoms with van der Waals surface area (Å²) in [6.45, 7) is 1.95. The number of hydrogen-bond acceptors (Lipinski definition) is 3. The van der Waals surface area contributed by atoms with Gasteiger partial charge >= 0.3 is 0 Å².